The monoisotopic (exact) mass is 558 g/mol. The third-order valence-corrected chi connectivity index (χ3v) is 9.13. The average Bonchev–Trinajstić information content (AvgIpc) is 3.51. The fourth-order valence-electron chi connectivity index (χ4n) is 5.25. The zero-order valence-corrected chi connectivity index (χ0v) is 21.1. The maximum atomic E-state index is 13.7. The molecule has 10 nitrogen and oxygen atoms in total. The Balaban J connectivity index is 1.43. The van der Waals surface area contributed by atoms with Gasteiger partial charge in [-0.2, -0.15) is 0 Å². The average molecular weight is 559 g/mol. The molecule has 2 aromatic rings. The molecule has 14 heteroatoms. The number of aromatic nitrogens is 3. The molecule has 4 N–H and O–H groups in total. The highest BCUT2D eigenvalue weighted by Crippen LogP contribution is 2.44. The van der Waals surface area contributed by atoms with Gasteiger partial charge in [-0.25, -0.2) is 17.9 Å². The van der Waals surface area contributed by atoms with E-state index >= 15 is 0 Å². The standard InChI is InChI=1S/C24H29F3N4O6S/c25-13-8-12(9-14(26)17(13)27)15-10-31(29-28-15)18-19(33)16(11-32)37-23(20(18)34)38-21(22(35)30-6-3-7-30)24(36)4-1-2-5-24/h8-10,16,18-21,23,32-34,36H,1-7,11H2/t16-,18+,19+,20-,21?,23+/m1/s1. The van der Waals surface area contributed by atoms with Crippen LogP contribution in [0.2, 0.25) is 0 Å². The number of nitrogens with zero attached hydrogens (tertiary/aromatic N) is 4. The third-order valence-electron chi connectivity index (χ3n) is 7.56. The number of benzene rings is 1. The van der Waals surface area contributed by atoms with Gasteiger partial charge in [0, 0.05) is 18.7 Å². The van der Waals surface area contributed by atoms with Crippen LogP contribution in [0, 0.1) is 17.5 Å². The summed E-state index contributed by atoms with van der Waals surface area (Å²) in [7, 11) is 0. The molecule has 208 valence electrons. The highest BCUT2D eigenvalue weighted by atomic mass is 32.2. The molecule has 2 aliphatic heterocycles. The number of likely N-dealkylation sites (tertiary alicyclic amines) is 1. The van der Waals surface area contributed by atoms with Crippen molar-refractivity contribution in [3.63, 3.8) is 0 Å². The topological polar surface area (TPSA) is 141 Å². The van der Waals surface area contributed by atoms with E-state index < -0.39 is 64.7 Å². The van der Waals surface area contributed by atoms with Crippen molar-refractivity contribution in [3.8, 4) is 11.3 Å². The van der Waals surface area contributed by atoms with Crippen LogP contribution in [-0.2, 0) is 9.53 Å². The molecular formula is C24H29F3N4O6S. The van der Waals surface area contributed by atoms with Crippen LogP contribution < -0.4 is 0 Å². The van der Waals surface area contributed by atoms with E-state index in [-0.39, 0.29) is 17.2 Å². The molecule has 1 aliphatic carbocycles. The molecule has 5 rings (SSSR count). The van der Waals surface area contributed by atoms with Gasteiger partial charge in [-0.3, -0.25) is 4.79 Å². The second-order valence-corrected chi connectivity index (χ2v) is 11.2. The van der Waals surface area contributed by atoms with Crippen LogP contribution in [-0.4, -0.2) is 101 Å². The van der Waals surface area contributed by atoms with E-state index in [1.54, 1.807) is 4.90 Å². The summed E-state index contributed by atoms with van der Waals surface area (Å²) in [5.41, 5.74) is -2.60. The molecule has 0 radical (unpaired) electrons. The molecule has 1 aromatic heterocycles. The number of thioether (sulfide) groups is 1. The number of hydrogen-bond donors (Lipinski definition) is 4. The summed E-state index contributed by atoms with van der Waals surface area (Å²) in [6, 6.07) is 0.257. The van der Waals surface area contributed by atoms with Gasteiger partial charge < -0.3 is 30.1 Å². The van der Waals surface area contributed by atoms with Crippen LogP contribution in [0.4, 0.5) is 13.2 Å². The van der Waals surface area contributed by atoms with Gasteiger partial charge in [-0.05, 0) is 31.4 Å². The molecule has 0 spiro atoms. The zero-order valence-electron chi connectivity index (χ0n) is 20.3. The van der Waals surface area contributed by atoms with Gasteiger partial charge in [-0.15, -0.1) is 16.9 Å². The minimum absolute atomic E-state index is 0.0513. The normalized spacial score (nSPS) is 29.8. The van der Waals surface area contributed by atoms with Gasteiger partial charge in [0.1, 0.15) is 40.7 Å². The van der Waals surface area contributed by atoms with Gasteiger partial charge in [0.05, 0.1) is 18.4 Å². The smallest absolute Gasteiger partial charge is 0.238 e. The number of aliphatic hydroxyl groups is 4. The summed E-state index contributed by atoms with van der Waals surface area (Å²) in [4.78, 5) is 14.9. The molecule has 6 atom stereocenters. The predicted molar refractivity (Wildman–Crippen MR) is 128 cm³/mol. The summed E-state index contributed by atoms with van der Waals surface area (Å²) in [6.07, 6.45) is 0.294. The van der Waals surface area contributed by atoms with Crippen molar-refractivity contribution in [1.82, 2.24) is 19.9 Å². The third kappa shape index (κ3) is 4.93. The van der Waals surface area contributed by atoms with Crippen LogP contribution in [0.25, 0.3) is 11.3 Å². The second kappa shape index (κ2) is 10.7. The minimum atomic E-state index is -1.63. The van der Waals surface area contributed by atoms with E-state index in [1.165, 1.54) is 6.20 Å². The number of ether oxygens (including phenoxy) is 1. The fourth-order valence-corrected chi connectivity index (χ4v) is 6.80. The van der Waals surface area contributed by atoms with E-state index in [1.807, 2.05) is 0 Å². The molecule has 38 heavy (non-hydrogen) atoms. The molecule has 0 bridgehead atoms. The van der Waals surface area contributed by atoms with Crippen LogP contribution in [0.1, 0.15) is 38.1 Å². The van der Waals surface area contributed by atoms with E-state index in [9.17, 15) is 38.4 Å². The largest absolute Gasteiger partial charge is 0.394 e. The number of carbonyl (C=O) groups excluding carboxylic acids is 1. The van der Waals surface area contributed by atoms with Crippen molar-refractivity contribution in [2.24, 2.45) is 0 Å². The number of amides is 1. The minimum Gasteiger partial charge on any atom is -0.394 e. The predicted octanol–water partition coefficient (Wildman–Crippen LogP) is 0.982. The van der Waals surface area contributed by atoms with Gasteiger partial charge in [0.15, 0.2) is 17.5 Å². The molecule has 3 aliphatic rings. The first-order valence-electron chi connectivity index (χ1n) is 12.5. The number of halogens is 3. The van der Waals surface area contributed by atoms with Crippen LogP contribution in [0.15, 0.2) is 18.3 Å². The SMILES string of the molecule is O=C(C(S[C@@H]1O[C@H](CO)[C@H](O)[C@H](n2cc(-c3cc(F)c(F)c(F)c3)nn2)[C@H]1O)C1(O)CCCC1)N1CCC1. The van der Waals surface area contributed by atoms with Crippen molar-refractivity contribution in [3.05, 3.63) is 35.8 Å². The zero-order chi connectivity index (χ0) is 27.2. The van der Waals surface area contributed by atoms with Gasteiger partial charge in [0.25, 0.3) is 0 Å². The van der Waals surface area contributed by atoms with Crippen molar-refractivity contribution < 1.29 is 43.1 Å². The van der Waals surface area contributed by atoms with Crippen LogP contribution in [0.5, 0.6) is 0 Å². The quantitative estimate of drug-likeness (QED) is 0.366. The molecule has 3 heterocycles. The van der Waals surface area contributed by atoms with E-state index in [2.05, 4.69) is 10.3 Å². The lowest BCUT2D eigenvalue weighted by Gasteiger charge is -2.45. The summed E-state index contributed by atoms with van der Waals surface area (Å²) in [5.74, 6) is -4.72. The highest BCUT2D eigenvalue weighted by Gasteiger charge is 2.52. The number of hydrogen-bond acceptors (Lipinski definition) is 9. The molecule has 3 fully saturated rings. The lowest BCUT2D eigenvalue weighted by molar-refractivity contribution is -0.179. The summed E-state index contributed by atoms with van der Waals surface area (Å²) < 4.78 is 47.7. The molecule has 1 amide bonds. The van der Waals surface area contributed by atoms with E-state index in [4.69, 9.17) is 4.74 Å². The fraction of sp³-hybridized carbons (Fsp3) is 0.625. The summed E-state index contributed by atoms with van der Waals surface area (Å²) in [5, 5.41) is 50.2. The highest BCUT2D eigenvalue weighted by molar-refractivity contribution is 8.01. The van der Waals surface area contributed by atoms with Crippen LogP contribution in [0.3, 0.4) is 0 Å². The molecule has 2 saturated heterocycles. The Labute approximate surface area is 220 Å². The van der Waals surface area contributed by atoms with E-state index in [0.29, 0.717) is 25.9 Å². The Bertz CT molecular complexity index is 1150. The Morgan fingerprint density at radius 3 is 2.37 bits per heavy atom. The summed E-state index contributed by atoms with van der Waals surface area (Å²) in [6.45, 7) is 0.534. The first-order chi connectivity index (χ1) is 18.1. The maximum absolute atomic E-state index is 13.7. The lowest BCUT2D eigenvalue weighted by Crippen LogP contribution is -2.58. The lowest BCUT2D eigenvalue weighted by atomic mass is 9.95. The first kappa shape index (κ1) is 27.3. The van der Waals surface area contributed by atoms with E-state index in [0.717, 1.165) is 47.8 Å². The van der Waals surface area contributed by atoms with Crippen molar-refractivity contribution in [2.75, 3.05) is 19.7 Å². The molecule has 1 unspecified atom stereocenters. The number of aliphatic hydroxyl groups excluding tert-OH is 3. The number of carbonyl (C=O) groups is 1. The maximum Gasteiger partial charge on any atom is 0.238 e. The van der Waals surface area contributed by atoms with Gasteiger partial charge in [-0.1, -0.05) is 18.1 Å². The Morgan fingerprint density at radius 1 is 1.13 bits per heavy atom. The molecule has 1 saturated carbocycles. The second-order valence-electron chi connectivity index (χ2n) is 10.0. The Kier molecular flexibility index (Phi) is 7.73. The Hall–Kier alpha value is -2.23. The van der Waals surface area contributed by atoms with Crippen molar-refractivity contribution in [2.45, 2.75) is 72.7 Å². The van der Waals surface area contributed by atoms with Crippen molar-refractivity contribution in [1.29, 1.82) is 0 Å². The first-order valence-corrected chi connectivity index (χ1v) is 13.4. The van der Waals surface area contributed by atoms with Crippen molar-refractivity contribution >= 4 is 17.7 Å². The molecular weight excluding hydrogens is 529 g/mol. The molecule has 1 aromatic carbocycles. The van der Waals surface area contributed by atoms with Gasteiger partial charge in [0.2, 0.25) is 5.91 Å². The Morgan fingerprint density at radius 2 is 1.79 bits per heavy atom. The van der Waals surface area contributed by atoms with Crippen LogP contribution >= 0.6 is 11.8 Å². The number of rotatable bonds is 7. The summed E-state index contributed by atoms with van der Waals surface area (Å²) >= 11 is 0.946. The van der Waals surface area contributed by atoms with Gasteiger partial charge >= 0.3 is 0 Å².